The molecule has 14 heavy (non-hydrogen) atoms. The van der Waals surface area contributed by atoms with Crippen LogP contribution in [0.25, 0.3) is 11.5 Å². The van der Waals surface area contributed by atoms with E-state index >= 15 is 0 Å². The van der Waals surface area contributed by atoms with E-state index in [2.05, 4.69) is 10.2 Å². The van der Waals surface area contributed by atoms with Crippen molar-refractivity contribution in [2.45, 2.75) is 0 Å². The van der Waals surface area contributed by atoms with Gasteiger partial charge in [-0.3, -0.25) is 4.79 Å². The van der Waals surface area contributed by atoms with E-state index in [0.717, 1.165) is 0 Å². The zero-order valence-electron chi connectivity index (χ0n) is 6.98. The fraction of sp³-hybridized carbons (Fsp3) is 0. The number of nitrogens with zero attached hydrogens (tertiary/aromatic N) is 2. The fourth-order valence-electron chi connectivity index (χ4n) is 1.13. The van der Waals surface area contributed by atoms with Gasteiger partial charge in [-0.2, -0.15) is 0 Å². The van der Waals surface area contributed by atoms with Gasteiger partial charge in [0, 0.05) is 5.56 Å². The second-order valence-corrected chi connectivity index (χ2v) is 2.91. The van der Waals surface area contributed by atoms with Gasteiger partial charge >= 0.3 is 0 Å². The van der Waals surface area contributed by atoms with Crippen LogP contribution in [0.5, 0.6) is 0 Å². The maximum atomic E-state index is 11.0. The van der Waals surface area contributed by atoms with E-state index in [9.17, 15) is 4.79 Å². The third-order valence-corrected chi connectivity index (χ3v) is 1.93. The highest BCUT2D eigenvalue weighted by atomic mass is 35.5. The fourth-order valence-corrected chi connectivity index (χ4v) is 1.30. The summed E-state index contributed by atoms with van der Waals surface area (Å²) < 4.78 is 4.98. The molecule has 0 fully saturated rings. The van der Waals surface area contributed by atoms with E-state index in [1.807, 2.05) is 0 Å². The molecule has 0 amide bonds. The summed E-state index contributed by atoms with van der Waals surface area (Å²) >= 11 is 5.40. The predicted molar refractivity (Wildman–Crippen MR) is 49.9 cm³/mol. The summed E-state index contributed by atoms with van der Waals surface area (Å²) in [5.74, 6) is 0.287. The molecular formula is C9H5ClN2O2. The van der Waals surface area contributed by atoms with Crippen LogP contribution in [0, 0.1) is 0 Å². The van der Waals surface area contributed by atoms with Crippen molar-refractivity contribution in [1.82, 2.24) is 10.2 Å². The Bertz CT molecular complexity index is 454. The zero-order chi connectivity index (χ0) is 9.97. The predicted octanol–water partition coefficient (Wildman–Crippen LogP) is 2.12. The Balaban J connectivity index is 2.58. The van der Waals surface area contributed by atoms with E-state index in [-0.39, 0.29) is 5.89 Å². The highest BCUT2D eigenvalue weighted by Gasteiger charge is 2.13. The minimum absolute atomic E-state index is 0.287. The van der Waals surface area contributed by atoms with Gasteiger partial charge in [-0.05, 0) is 23.7 Å². The van der Waals surface area contributed by atoms with Gasteiger partial charge < -0.3 is 4.42 Å². The summed E-state index contributed by atoms with van der Waals surface area (Å²) in [6.45, 7) is 0. The standard InChI is InChI=1S/C9H5ClN2O2/c10-8(13)6-3-1-2-4-7(6)9-12-11-5-14-9/h1-5H. The number of hydrogen-bond donors (Lipinski definition) is 0. The number of rotatable bonds is 2. The molecule has 2 aromatic rings. The summed E-state index contributed by atoms with van der Waals surface area (Å²) in [7, 11) is 0. The summed E-state index contributed by atoms with van der Waals surface area (Å²) in [5.41, 5.74) is 0.906. The Hall–Kier alpha value is -1.68. The van der Waals surface area contributed by atoms with Crippen LogP contribution in [0.15, 0.2) is 35.1 Å². The first kappa shape index (κ1) is 8.90. The Morgan fingerprint density at radius 1 is 1.36 bits per heavy atom. The van der Waals surface area contributed by atoms with Crippen LogP contribution in [-0.4, -0.2) is 15.4 Å². The number of carbonyl (C=O) groups is 1. The van der Waals surface area contributed by atoms with Gasteiger partial charge in [0.05, 0.1) is 5.56 Å². The van der Waals surface area contributed by atoms with Gasteiger partial charge in [-0.15, -0.1) is 10.2 Å². The third-order valence-electron chi connectivity index (χ3n) is 1.73. The topological polar surface area (TPSA) is 56.0 Å². The minimum Gasteiger partial charge on any atom is -0.423 e. The lowest BCUT2D eigenvalue weighted by Crippen LogP contribution is -1.93. The summed E-state index contributed by atoms with van der Waals surface area (Å²) in [5, 5.41) is 6.69. The first-order chi connectivity index (χ1) is 6.79. The molecule has 0 aliphatic heterocycles. The molecule has 0 atom stereocenters. The van der Waals surface area contributed by atoms with Crippen molar-refractivity contribution < 1.29 is 9.21 Å². The lowest BCUT2D eigenvalue weighted by molar-refractivity contribution is 0.108. The molecule has 0 bridgehead atoms. The number of hydrogen-bond acceptors (Lipinski definition) is 4. The zero-order valence-corrected chi connectivity index (χ0v) is 7.73. The quantitative estimate of drug-likeness (QED) is 0.710. The Morgan fingerprint density at radius 3 is 2.79 bits per heavy atom. The number of carbonyl (C=O) groups excluding carboxylic acids is 1. The van der Waals surface area contributed by atoms with E-state index < -0.39 is 5.24 Å². The van der Waals surface area contributed by atoms with Crippen LogP contribution >= 0.6 is 11.6 Å². The van der Waals surface area contributed by atoms with E-state index in [0.29, 0.717) is 11.1 Å². The van der Waals surface area contributed by atoms with Gasteiger partial charge in [0.15, 0.2) is 0 Å². The Morgan fingerprint density at radius 2 is 2.14 bits per heavy atom. The minimum atomic E-state index is -0.543. The maximum absolute atomic E-state index is 11.0. The van der Waals surface area contributed by atoms with Crippen molar-refractivity contribution >= 4 is 16.8 Å². The van der Waals surface area contributed by atoms with Crippen LogP contribution in [0.4, 0.5) is 0 Å². The Kier molecular flexibility index (Phi) is 2.28. The van der Waals surface area contributed by atoms with Gasteiger partial charge in [0.1, 0.15) is 0 Å². The lowest BCUT2D eigenvalue weighted by atomic mass is 10.1. The molecule has 4 nitrogen and oxygen atoms in total. The van der Waals surface area contributed by atoms with Gasteiger partial charge in [0.25, 0.3) is 5.24 Å². The average Bonchev–Trinajstić information content (AvgIpc) is 2.70. The van der Waals surface area contributed by atoms with Gasteiger partial charge in [-0.25, -0.2) is 0 Å². The normalized spacial score (nSPS) is 10.1. The highest BCUT2D eigenvalue weighted by Crippen LogP contribution is 2.22. The molecule has 2 rings (SSSR count). The van der Waals surface area contributed by atoms with Gasteiger partial charge in [0.2, 0.25) is 12.3 Å². The molecular weight excluding hydrogens is 204 g/mol. The van der Waals surface area contributed by atoms with Gasteiger partial charge in [-0.1, -0.05) is 12.1 Å². The number of halogens is 1. The monoisotopic (exact) mass is 208 g/mol. The molecule has 1 aromatic heterocycles. The summed E-state index contributed by atoms with van der Waals surface area (Å²) in [6.07, 6.45) is 1.20. The van der Waals surface area contributed by atoms with E-state index in [4.69, 9.17) is 16.0 Å². The van der Waals surface area contributed by atoms with Crippen LogP contribution in [-0.2, 0) is 0 Å². The molecule has 1 aromatic carbocycles. The third kappa shape index (κ3) is 1.52. The molecule has 0 radical (unpaired) electrons. The molecule has 0 saturated heterocycles. The second-order valence-electron chi connectivity index (χ2n) is 2.56. The molecule has 0 saturated carbocycles. The van der Waals surface area contributed by atoms with E-state index in [1.54, 1.807) is 24.3 Å². The van der Waals surface area contributed by atoms with Crippen molar-refractivity contribution in [3.05, 3.63) is 36.2 Å². The van der Waals surface area contributed by atoms with Crippen molar-refractivity contribution in [2.75, 3.05) is 0 Å². The molecule has 0 spiro atoms. The van der Waals surface area contributed by atoms with Crippen LogP contribution in [0.3, 0.4) is 0 Å². The maximum Gasteiger partial charge on any atom is 0.253 e. The average molecular weight is 209 g/mol. The molecule has 0 aliphatic rings. The SMILES string of the molecule is O=C(Cl)c1ccccc1-c1nnco1. The van der Waals surface area contributed by atoms with Crippen LogP contribution in [0.2, 0.25) is 0 Å². The molecule has 1 heterocycles. The largest absolute Gasteiger partial charge is 0.423 e. The van der Waals surface area contributed by atoms with E-state index in [1.165, 1.54) is 6.39 Å². The Labute approximate surface area is 84.5 Å². The van der Waals surface area contributed by atoms with Crippen molar-refractivity contribution in [3.8, 4) is 11.5 Å². The molecule has 5 heteroatoms. The van der Waals surface area contributed by atoms with Crippen LogP contribution in [0.1, 0.15) is 10.4 Å². The highest BCUT2D eigenvalue weighted by molar-refractivity contribution is 6.68. The smallest absolute Gasteiger partial charge is 0.253 e. The molecule has 0 aliphatic carbocycles. The second kappa shape index (κ2) is 3.59. The van der Waals surface area contributed by atoms with Crippen molar-refractivity contribution in [1.29, 1.82) is 0 Å². The van der Waals surface area contributed by atoms with Crippen molar-refractivity contribution in [2.24, 2.45) is 0 Å². The lowest BCUT2D eigenvalue weighted by Gasteiger charge is -1.99. The first-order valence-corrected chi connectivity index (χ1v) is 4.22. The first-order valence-electron chi connectivity index (χ1n) is 3.84. The summed E-state index contributed by atoms with van der Waals surface area (Å²) in [4.78, 5) is 11.0. The summed E-state index contributed by atoms with van der Waals surface area (Å²) in [6, 6.07) is 6.79. The van der Waals surface area contributed by atoms with Crippen LogP contribution < -0.4 is 0 Å². The number of aromatic nitrogens is 2. The molecule has 70 valence electrons. The van der Waals surface area contributed by atoms with Crippen molar-refractivity contribution in [3.63, 3.8) is 0 Å². The number of benzene rings is 1. The molecule has 0 N–H and O–H groups in total. The molecule has 0 unspecified atom stereocenters.